The van der Waals surface area contributed by atoms with Gasteiger partial charge in [0.2, 0.25) is 6.10 Å². The molecular formula is C11H8Cl2N2O4. The van der Waals surface area contributed by atoms with Crippen LogP contribution in [0.15, 0.2) is 23.4 Å². The summed E-state index contributed by atoms with van der Waals surface area (Å²) in [5.41, 5.74) is 0.129. The zero-order valence-electron chi connectivity index (χ0n) is 9.39. The van der Waals surface area contributed by atoms with Crippen molar-refractivity contribution in [3.8, 4) is 0 Å². The molecule has 2 N–H and O–H groups in total. The van der Waals surface area contributed by atoms with Crippen molar-refractivity contribution in [3.63, 3.8) is 0 Å². The Balaban J connectivity index is 2.03. The monoisotopic (exact) mass is 302 g/mol. The first-order chi connectivity index (χ1) is 8.99. The zero-order chi connectivity index (χ0) is 14.0. The number of carboxylic acids is 1. The molecule has 6 nitrogen and oxygen atoms in total. The quantitative estimate of drug-likeness (QED) is 0.895. The molecule has 0 fully saturated rings. The van der Waals surface area contributed by atoms with Crippen LogP contribution in [0.5, 0.6) is 0 Å². The number of carbonyl (C=O) groups is 2. The molecule has 1 aromatic carbocycles. The van der Waals surface area contributed by atoms with Crippen LogP contribution in [-0.4, -0.2) is 28.8 Å². The van der Waals surface area contributed by atoms with Crippen molar-refractivity contribution in [1.82, 2.24) is 0 Å². The van der Waals surface area contributed by atoms with E-state index in [0.717, 1.165) is 0 Å². The molecule has 0 spiro atoms. The van der Waals surface area contributed by atoms with Crippen molar-refractivity contribution in [3.05, 3.63) is 28.2 Å². The summed E-state index contributed by atoms with van der Waals surface area (Å²) < 4.78 is 0. The highest BCUT2D eigenvalue weighted by Crippen LogP contribution is 2.29. The molecule has 8 heteroatoms. The smallest absolute Gasteiger partial charge is 0.353 e. The number of benzene rings is 1. The van der Waals surface area contributed by atoms with Crippen molar-refractivity contribution in [2.75, 3.05) is 5.32 Å². The van der Waals surface area contributed by atoms with Gasteiger partial charge in [-0.1, -0.05) is 34.4 Å². The fourth-order valence-corrected chi connectivity index (χ4v) is 1.81. The van der Waals surface area contributed by atoms with E-state index >= 15 is 0 Å². The number of carboxylic acid groups (broad SMARTS) is 1. The Labute approximate surface area is 117 Å². The second-order valence-corrected chi connectivity index (χ2v) is 4.52. The Morgan fingerprint density at radius 2 is 2.16 bits per heavy atom. The Morgan fingerprint density at radius 1 is 1.42 bits per heavy atom. The molecule has 0 saturated heterocycles. The van der Waals surface area contributed by atoms with Crippen LogP contribution < -0.4 is 5.32 Å². The van der Waals surface area contributed by atoms with E-state index in [1.54, 1.807) is 18.2 Å². The molecule has 0 radical (unpaired) electrons. The molecule has 2 rings (SSSR count). The minimum atomic E-state index is -1.21. The molecule has 1 amide bonds. The van der Waals surface area contributed by atoms with Crippen LogP contribution in [0.1, 0.15) is 6.42 Å². The van der Waals surface area contributed by atoms with Crippen molar-refractivity contribution < 1.29 is 19.5 Å². The van der Waals surface area contributed by atoms with Crippen LogP contribution in [0.2, 0.25) is 10.0 Å². The fraction of sp³-hybridized carbons (Fsp3) is 0.182. The van der Waals surface area contributed by atoms with Gasteiger partial charge in [-0.15, -0.1) is 0 Å². The number of oxime groups is 1. The van der Waals surface area contributed by atoms with Crippen LogP contribution in [0.4, 0.5) is 5.69 Å². The third-order valence-corrected chi connectivity index (χ3v) is 3.24. The van der Waals surface area contributed by atoms with Crippen LogP contribution in [0.3, 0.4) is 0 Å². The number of hydrogen-bond acceptors (Lipinski definition) is 4. The van der Waals surface area contributed by atoms with Gasteiger partial charge >= 0.3 is 5.97 Å². The van der Waals surface area contributed by atoms with Gasteiger partial charge in [0, 0.05) is 6.42 Å². The van der Waals surface area contributed by atoms with E-state index in [4.69, 9.17) is 33.1 Å². The maximum atomic E-state index is 11.8. The molecule has 1 heterocycles. The SMILES string of the molecule is O=C(O)C1=NOC(C(=O)Nc2cccc(Cl)c2Cl)C1. The molecule has 1 unspecified atom stereocenters. The topological polar surface area (TPSA) is 88.0 Å². The molecule has 1 aliphatic heterocycles. The van der Waals surface area contributed by atoms with Crippen LogP contribution >= 0.6 is 23.2 Å². The lowest BCUT2D eigenvalue weighted by Gasteiger charge is -2.11. The second kappa shape index (κ2) is 5.46. The minimum Gasteiger partial charge on any atom is -0.477 e. The molecule has 1 aromatic rings. The molecule has 0 bridgehead atoms. The highest BCUT2D eigenvalue weighted by Gasteiger charge is 2.31. The Morgan fingerprint density at radius 3 is 2.79 bits per heavy atom. The van der Waals surface area contributed by atoms with Crippen molar-refractivity contribution in [1.29, 1.82) is 0 Å². The van der Waals surface area contributed by atoms with Gasteiger partial charge < -0.3 is 15.3 Å². The lowest BCUT2D eigenvalue weighted by molar-refractivity contribution is -0.129. The molecule has 1 atom stereocenters. The number of hydrogen-bond donors (Lipinski definition) is 2. The van der Waals surface area contributed by atoms with E-state index in [1.165, 1.54) is 0 Å². The highest BCUT2D eigenvalue weighted by atomic mass is 35.5. The van der Waals surface area contributed by atoms with Gasteiger partial charge in [-0.05, 0) is 12.1 Å². The second-order valence-electron chi connectivity index (χ2n) is 3.73. The number of nitrogens with one attached hydrogen (secondary N) is 1. The van der Waals surface area contributed by atoms with Crippen LogP contribution in [0.25, 0.3) is 0 Å². The largest absolute Gasteiger partial charge is 0.477 e. The molecule has 0 saturated carbocycles. The Bertz CT molecular complexity index is 574. The lowest BCUT2D eigenvalue weighted by atomic mass is 10.1. The molecular weight excluding hydrogens is 295 g/mol. The first kappa shape index (κ1) is 13.6. The predicted octanol–water partition coefficient (Wildman–Crippen LogP) is 2.16. The minimum absolute atomic E-state index is 0.0979. The lowest BCUT2D eigenvalue weighted by Crippen LogP contribution is -2.29. The van der Waals surface area contributed by atoms with Gasteiger partial charge in [0.25, 0.3) is 5.91 Å². The molecule has 0 aliphatic carbocycles. The maximum absolute atomic E-state index is 11.8. The number of nitrogens with zero attached hydrogens (tertiary/aromatic N) is 1. The van der Waals surface area contributed by atoms with Gasteiger partial charge in [-0.25, -0.2) is 4.79 Å². The van der Waals surface area contributed by atoms with Crippen molar-refractivity contribution in [2.45, 2.75) is 12.5 Å². The van der Waals surface area contributed by atoms with E-state index in [0.29, 0.717) is 10.7 Å². The average molecular weight is 303 g/mol. The summed E-state index contributed by atoms with van der Waals surface area (Å²) in [6, 6.07) is 4.77. The van der Waals surface area contributed by atoms with Gasteiger partial charge in [-0.3, -0.25) is 4.79 Å². The summed E-state index contributed by atoms with van der Waals surface area (Å²) in [4.78, 5) is 27.2. The van der Waals surface area contributed by atoms with Crippen molar-refractivity contribution >= 4 is 46.5 Å². The number of amides is 1. The summed E-state index contributed by atoms with van der Waals surface area (Å²) >= 11 is 11.7. The number of anilines is 1. The summed E-state index contributed by atoms with van der Waals surface area (Å²) in [5.74, 6) is -1.75. The summed E-state index contributed by atoms with van der Waals surface area (Å²) in [5, 5.41) is 15.0. The molecule has 100 valence electrons. The van der Waals surface area contributed by atoms with Gasteiger partial charge in [-0.2, -0.15) is 0 Å². The van der Waals surface area contributed by atoms with E-state index in [9.17, 15) is 9.59 Å². The van der Waals surface area contributed by atoms with Crippen molar-refractivity contribution in [2.24, 2.45) is 5.16 Å². The van der Waals surface area contributed by atoms with Crippen LogP contribution in [-0.2, 0) is 14.4 Å². The highest BCUT2D eigenvalue weighted by molar-refractivity contribution is 6.44. The van der Waals surface area contributed by atoms with E-state index < -0.39 is 18.0 Å². The van der Waals surface area contributed by atoms with Crippen LogP contribution in [0, 0.1) is 0 Å². The first-order valence-corrected chi connectivity index (χ1v) is 5.95. The van der Waals surface area contributed by atoms with Gasteiger partial charge in [0.1, 0.15) is 0 Å². The van der Waals surface area contributed by atoms with E-state index in [1.807, 2.05) is 0 Å². The number of carbonyl (C=O) groups excluding carboxylic acids is 1. The summed E-state index contributed by atoms with van der Waals surface area (Å²) in [6.07, 6.45) is -1.08. The third-order valence-electron chi connectivity index (χ3n) is 2.42. The van der Waals surface area contributed by atoms with Gasteiger partial charge in [0.15, 0.2) is 5.71 Å². The van der Waals surface area contributed by atoms with E-state index in [2.05, 4.69) is 10.5 Å². The number of rotatable bonds is 3. The third kappa shape index (κ3) is 2.97. The summed E-state index contributed by atoms with van der Waals surface area (Å²) in [6.45, 7) is 0. The molecule has 19 heavy (non-hydrogen) atoms. The standard InChI is InChI=1S/C11H8Cl2N2O4/c12-5-2-1-3-6(9(5)13)14-10(16)8-4-7(11(17)18)15-19-8/h1-3,8H,4H2,(H,14,16)(H,17,18). The zero-order valence-corrected chi connectivity index (χ0v) is 10.9. The molecule has 0 aromatic heterocycles. The van der Waals surface area contributed by atoms with Gasteiger partial charge in [0.05, 0.1) is 15.7 Å². The Hall–Kier alpha value is -1.79. The normalized spacial score (nSPS) is 17.6. The van der Waals surface area contributed by atoms with E-state index in [-0.39, 0.29) is 17.2 Å². The fourth-order valence-electron chi connectivity index (χ4n) is 1.46. The summed E-state index contributed by atoms with van der Waals surface area (Å²) in [7, 11) is 0. The first-order valence-electron chi connectivity index (χ1n) is 5.20. The number of aliphatic carboxylic acids is 1. The number of halogens is 2. The predicted molar refractivity (Wildman–Crippen MR) is 69.7 cm³/mol. The Kier molecular flexibility index (Phi) is 3.92. The maximum Gasteiger partial charge on any atom is 0.353 e. The molecule has 1 aliphatic rings. The average Bonchev–Trinajstić information content (AvgIpc) is 2.84.